The van der Waals surface area contributed by atoms with Crippen molar-refractivity contribution in [1.29, 1.82) is 0 Å². The molecule has 1 heterocycles. The van der Waals surface area contributed by atoms with Gasteiger partial charge in [0.2, 0.25) is 0 Å². The lowest BCUT2D eigenvalue weighted by molar-refractivity contribution is 0.117. The highest BCUT2D eigenvalue weighted by Gasteiger charge is 1.98. The minimum absolute atomic E-state index is 0.693. The number of hydrogen-bond acceptors (Lipinski definition) is 3. The first kappa shape index (κ1) is 17.5. The van der Waals surface area contributed by atoms with Crippen LogP contribution in [0.15, 0.2) is 52.2 Å². The number of hydrogen-bond donors (Lipinski definition) is 2. The van der Waals surface area contributed by atoms with Gasteiger partial charge in [-0.1, -0.05) is 30.3 Å². The topological polar surface area (TPSA) is 45.7 Å². The molecule has 0 aliphatic rings. The molecule has 2 aromatic rings. The minimum atomic E-state index is 0.693. The molecule has 0 unspecified atom stereocenters. The predicted molar refractivity (Wildman–Crippen MR) is 97.9 cm³/mol. The Labute approximate surface area is 142 Å². The van der Waals surface area contributed by atoms with Gasteiger partial charge in [0, 0.05) is 26.7 Å². The third-order valence-corrected chi connectivity index (χ3v) is 4.12. The summed E-state index contributed by atoms with van der Waals surface area (Å²) in [5, 5.41) is 10.9. The van der Waals surface area contributed by atoms with Crippen molar-refractivity contribution in [3.8, 4) is 0 Å². The first-order valence-electron chi connectivity index (χ1n) is 7.96. The fraction of sp³-hybridized carbons (Fsp3) is 0.389. The van der Waals surface area contributed by atoms with Crippen molar-refractivity contribution in [2.24, 2.45) is 4.99 Å². The van der Waals surface area contributed by atoms with Crippen molar-refractivity contribution < 1.29 is 4.74 Å². The molecule has 1 aromatic carbocycles. The van der Waals surface area contributed by atoms with E-state index in [1.807, 2.05) is 18.2 Å². The lowest BCUT2D eigenvalue weighted by Crippen LogP contribution is -2.37. The van der Waals surface area contributed by atoms with Crippen LogP contribution in [0.2, 0.25) is 0 Å². The molecule has 1 aromatic heterocycles. The molecule has 0 aliphatic heterocycles. The van der Waals surface area contributed by atoms with Gasteiger partial charge in [0.15, 0.2) is 5.96 Å². The van der Waals surface area contributed by atoms with Crippen molar-refractivity contribution in [2.75, 3.05) is 20.2 Å². The van der Waals surface area contributed by atoms with Gasteiger partial charge in [0.25, 0.3) is 0 Å². The van der Waals surface area contributed by atoms with E-state index < -0.39 is 0 Å². The zero-order valence-corrected chi connectivity index (χ0v) is 14.4. The molecule has 0 fully saturated rings. The highest BCUT2D eigenvalue weighted by atomic mass is 32.1. The fourth-order valence-electron chi connectivity index (χ4n) is 2.10. The zero-order valence-electron chi connectivity index (χ0n) is 13.6. The normalized spacial score (nSPS) is 11.4. The number of unbranched alkanes of at least 4 members (excludes halogenated alkanes) is 1. The van der Waals surface area contributed by atoms with E-state index in [4.69, 9.17) is 4.74 Å². The number of nitrogens with one attached hydrogen (secondary N) is 2. The van der Waals surface area contributed by atoms with E-state index in [1.54, 1.807) is 18.4 Å². The summed E-state index contributed by atoms with van der Waals surface area (Å²) in [6.45, 7) is 3.19. The lowest BCUT2D eigenvalue weighted by Gasteiger charge is -2.11. The van der Waals surface area contributed by atoms with Gasteiger partial charge >= 0.3 is 0 Å². The van der Waals surface area contributed by atoms with Gasteiger partial charge in [0.05, 0.1) is 6.61 Å². The summed E-state index contributed by atoms with van der Waals surface area (Å²) in [5.41, 5.74) is 2.51. The van der Waals surface area contributed by atoms with E-state index >= 15 is 0 Å². The van der Waals surface area contributed by atoms with Crippen molar-refractivity contribution >= 4 is 17.3 Å². The van der Waals surface area contributed by atoms with Gasteiger partial charge < -0.3 is 15.4 Å². The van der Waals surface area contributed by atoms with Crippen LogP contribution in [0, 0.1) is 0 Å². The summed E-state index contributed by atoms with van der Waals surface area (Å²) in [6.07, 6.45) is 2.11. The van der Waals surface area contributed by atoms with Gasteiger partial charge in [-0.15, -0.1) is 0 Å². The summed E-state index contributed by atoms with van der Waals surface area (Å²) in [5.74, 6) is 0.849. The predicted octanol–water partition coefficient (Wildman–Crippen LogP) is 3.41. The van der Waals surface area contributed by atoms with Gasteiger partial charge in [0.1, 0.15) is 0 Å². The van der Waals surface area contributed by atoms with E-state index in [-0.39, 0.29) is 0 Å². The zero-order chi connectivity index (χ0) is 16.2. The molecule has 23 heavy (non-hydrogen) atoms. The molecule has 0 bridgehead atoms. The molecule has 2 N–H and O–H groups in total. The maximum absolute atomic E-state index is 5.68. The molecule has 0 saturated heterocycles. The van der Waals surface area contributed by atoms with Gasteiger partial charge in [-0.3, -0.25) is 4.99 Å². The van der Waals surface area contributed by atoms with Crippen LogP contribution in [-0.4, -0.2) is 26.2 Å². The largest absolute Gasteiger partial charge is 0.377 e. The van der Waals surface area contributed by atoms with Crippen LogP contribution in [0.3, 0.4) is 0 Å². The van der Waals surface area contributed by atoms with E-state index in [2.05, 4.69) is 44.6 Å². The SMILES string of the molecule is CN=C(NCCCCOCc1ccccc1)NCc1ccsc1. The van der Waals surface area contributed by atoms with Crippen molar-refractivity contribution in [2.45, 2.75) is 26.0 Å². The number of aliphatic imine (C=N–C) groups is 1. The second-order valence-electron chi connectivity index (χ2n) is 5.23. The fourth-order valence-corrected chi connectivity index (χ4v) is 2.77. The average Bonchev–Trinajstić information content (AvgIpc) is 3.11. The second-order valence-corrected chi connectivity index (χ2v) is 6.01. The molecule has 0 atom stereocenters. The minimum Gasteiger partial charge on any atom is -0.377 e. The quantitative estimate of drug-likeness (QED) is 0.420. The molecule has 0 spiro atoms. The molecule has 2 rings (SSSR count). The van der Waals surface area contributed by atoms with Gasteiger partial charge in [-0.05, 0) is 40.8 Å². The number of guanidine groups is 1. The van der Waals surface area contributed by atoms with Crippen LogP contribution < -0.4 is 10.6 Å². The standard InChI is InChI=1S/C18H25N3OS/c1-19-18(21-13-17-9-12-23-15-17)20-10-5-6-11-22-14-16-7-3-2-4-8-16/h2-4,7-9,12,15H,5-6,10-11,13-14H2,1H3,(H2,19,20,21). The van der Waals surface area contributed by atoms with Crippen LogP contribution in [0.4, 0.5) is 0 Å². The molecule has 0 radical (unpaired) electrons. The number of rotatable bonds is 9. The van der Waals surface area contributed by atoms with Crippen molar-refractivity contribution in [1.82, 2.24) is 10.6 Å². The summed E-state index contributed by atoms with van der Waals surface area (Å²) in [6, 6.07) is 12.4. The summed E-state index contributed by atoms with van der Waals surface area (Å²) < 4.78 is 5.68. The first-order chi connectivity index (χ1) is 11.4. The van der Waals surface area contributed by atoms with E-state index in [0.717, 1.165) is 38.5 Å². The molecule has 0 amide bonds. The Morgan fingerprint density at radius 3 is 2.70 bits per heavy atom. The number of benzene rings is 1. The number of thiophene rings is 1. The van der Waals surface area contributed by atoms with Crippen molar-refractivity contribution in [3.05, 3.63) is 58.3 Å². The Kier molecular flexibility index (Phi) is 8.22. The highest BCUT2D eigenvalue weighted by molar-refractivity contribution is 7.07. The van der Waals surface area contributed by atoms with E-state index in [1.165, 1.54) is 11.1 Å². The maximum Gasteiger partial charge on any atom is 0.191 e. The van der Waals surface area contributed by atoms with Gasteiger partial charge in [-0.2, -0.15) is 11.3 Å². The van der Waals surface area contributed by atoms with Gasteiger partial charge in [-0.25, -0.2) is 0 Å². The number of nitrogens with zero attached hydrogens (tertiary/aromatic N) is 1. The molecule has 124 valence electrons. The summed E-state index contributed by atoms with van der Waals surface area (Å²) >= 11 is 1.71. The van der Waals surface area contributed by atoms with E-state index in [0.29, 0.717) is 6.61 Å². The molecule has 5 heteroatoms. The average molecular weight is 331 g/mol. The molecular formula is C18H25N3OS. The number of ether oxygens (including phenoxy) is 1. The molecular weight excluding hydrogens is 306 g/mol. The highest BCUT2D eigenvalue weighted by Crippen LogP contribution is 2.04. The third kappa shape index (κ3) is 7.30. The Morgan fingerprint density at radius 2 is 1.96 bits per heavy atom. The lowest BCUT2D eigenvalue weighted by atomic mass is 10.2. The summed E-state index contributed by atoms with van der Waals surface area (Å²) in [4.78, 5) is 4.23. The van der Waals surface area contributed by atoms with Crippen LogP contribution in [0.5, 0.6) is 0 Å². The Bertz CT molecular complexity index is 555. The molecule has 4 nitrogen and oxygen atoms in total. The second kappa shape index (κ2) is 10.8. The van der Waals surface area contributed by atoms with Crippen LogP contribution in [0.25, 0.3) is 0 Å². The molecule has 0 aliphatic carbocycles. The van der Waals surface area contributed by atoms with Crippen LogP contribution >= 0.6 is 11.3 Å². The Hall–Kier alpha value is -1.85. The Morgan fingerprint density at radius 1 is 1.09 bits per heavy atom. The smallest absolute Gasteiger partial charge is 0.191 e. The van der Waals surface area contributed by atoms with Crippen LogP contribution in [-0.2, 0) is 17.9 Å². The monoisotopic (exact) mass is 331 g/mol. The maximum atomic E-state index is 5.68. The van der Waals surface area contributed by atoms with Crippen molar-refractivity contribution in [3.63, 3.8) is 0 Å². The van der Waals surface area contributed by atoms with E-state index in [9.17, 15) is 0 Å². The summed E-state index contributed by atoms with van der Waals surface area (Å²) in [7, 11) is 1.80. The molecule has 0 saturated carbocycles. The Balaban J connectivity index is 1.49. The third-order valence-electron chi connectivity index (χ3n) is 3.38. The van der Waals surface area contributed by atoms with Crippen LogP contribution in [0.1, 0.15) is 24.0 Å². The first-order valence-corrected chi connectivity index (χ1v) is 8.90.